The molecule has 0 aromatic heterocycles. The zero-order valence-corrected chi connectivity index (χ0v) is 9.32. The van der Waals surface area contributed by atoms with Crippen LogP contribution in [0.1, 0.15) is 10.4 Å². The summed E-state index contributed by atoms with van der Waals surface area (Å²) in [7, 11) is 1.21. The lowest BCUT2D eigenvalue weighted by atomic mass is 10.1. The number of phenolic OH excluding ortho intramolecular Hbond substituents is 2. The molecule has 16 heavy (non-hydrogen) atoms. The van der Waals surface area contributed by atoms with E-state index in [9.17, 15) is 15.0 Å². The van der Waals surface area contributed by atoms with Crippen LogP contribution in [0.5, 0.6) is 17.2 Å². The Balaban J connectivity index is 3.16. The van der Waals surface area contributed by atoms with Crippen molar-refractivity contribution in [3.05, 3.63) is 17.7 Å². The number of methoxy groups -OCH3 is 1. The summed E-state index contributed by atoms with van der Waals surface area (Å²) in [4.78, 5) is 11.3. The fourth-order valence-corrected chi connectivity index (χ4v) is 1.20. The number of carbonyl (C=O) groups excluding carboxylic acids is 1. The molecule has 0 aliphatic carbocycles. The summed E-state index contributed by atoms with van der Waals surface area (Å²) in [5.41, 5.74) is 0.0305. The van der Waals surface area contributed by atoms with Gasteiger partial charge in [-0.05, 0) is 12.1 Å². The highest BCUT2D eigenvalue weighted by atomic mass is 35.5. The van der Waals surface area contributed by atoms with E-state index in [1.807, 2.05) is 0 Å². The van der Waals surface area contributed by atoms with Crippen molar-refractivity contribution in [3.8, 4) is 17.2 Å². The third-order valence-corrected chi connectivity index (χ3v) is 1.99. The molecular weight excluding hydrogens is 236 g/mol. The number of carbonyl (C=O) groups is 1. The quantitative estimate of drug-likeness (QED) is 0.478. The molecule has 1 aromatic carbocycles. The van der Waals surface area contributed by atoms with Crippen LogP contribution in [0.4, 0.5) is 0 Å². The first kappa shape index (κ1) is 12.4. The van der Waals surface area contributed by atoms with Crippen molar-refractivity contribution in [1.82, 2.24) is 0 Å². The average molecular weight is 247 g/mol. The van der Waals surface area contributed by atoms with Gasteiger partial charge >= 0.3 is 5.97 Å². The highest BCUT2D eigenvalue weighted by molar-refractivity contribution is 6.18. The molecule has 0 spiro atoms. The second-order valence-electron chi connectivity index (χ2n) is 2.84. The van der Waals surface area contributed by atoms with Gasteiger partial charge in [-0.25, -0.2) is 4.79 Å². The van der Waals surface area contributed by atoms with Gasteiger partial charge in [-0.15, -0.1) is 11.6 Å². The first-order valence-corrected chi connectivity index (χ1v) is 4.97. The monoisotopic (exact) mass is 246 g/mol. The SMILES string of the molecule is COC(=O)c1ccc(O)c(O)c1OCCCl. The molecule has 6 heteroatoms. The van der Waals surface area contributed by atoms with Crippen LogP contribution >= 0.6 is 11.6 Å². The summed E-state index contributed by atoms with van der Waals surface area (Å²) in [5.74, 6) is -1.49. The molecular formula is C10H11ClO5. The van der Waals surface area contributed by atoms with Gasteiger partial charge in [-0.3, -0.25) is 0 Å². The number of rotatable bonds is 4. The highest BCUT2D eigenvalue weighted by Gasteiger charge is 2.19. The normalized spacial score (nSPS) is 9.88. The van der Waals surface area contributed by atoms with E-state index in [-0.39, 0.29) is 29.5 Å². The Labute approximate surface area is 97.2 Å². The summed E-state index contributed by atoms with van der Waals surface area (Å²) < 4.78 is 9.59. The van der Waals surface area contributed by atoms with E-state index in [4.69, 9.17) is 16.3 Å². The van der Waals surface area contributed by atoms with E-state index in [2.05, 4.69) is 4.74 Å². The van der Waals surface area contributed by atoms with E-state index in [0.29, 0.717) is 0 Å². The van der Waals surface area contributed by atoms with E-state index >= 15 is 0 Å². The molecule has 88 valence electrons. The molecule has 0 radical (unpaired) electrons. The minimum Gasteiger partial charge on any atom is -0.504 e. The molecule has 0 bridgehead atoms. The summed E-state index contributed by atoms with van der Waals surface area (Å²) in [6.45, 7) is 0.0998. The molecule has 0 aliphatic rings. The largest absolute Gasteiger partial charge is 0.504 e. The number of esters is 1. The minimum atomic E-state index is -0.667. The zero-order valence-electron chi connectivity index (χ0n) is 8.57. The van der Waals surface area contributed by atoms with Crippen molar-refractivity contribution >= 4 is 17.6 Å². The Hall–Kier alpha value is -1.62. The van der Waals surface area contributed by atoms with Gasteiger partial charge in [-0.2, -0.15) is 0 Å². The predicted octanol–water partition coefficient (Wildman–Crippen LogP) is 1.50. The van der Waals surface area contributed by atoms with Crippen molar-refractivity contribution in [2.45, 2.75) is 0 Å². The van der Waals surface area contributed by atoms with Gasteiger partial charge in [0, 0.05) is 0 Å². The maximum absolute atomic E-state index is 11.3. The van der Waals surface area contributed by atoms with Gasteiger partial charge in [0.2, 0.25) is 5.75 Å². The van der Waals surface area contributed by atoms with E-state index in [1.54, 1.807) is 0 Å². The van der Waals surface area contributed by atoms with Gasteiger partial charge < -0.3 is 19.7 Å². The topological polar surface area (TPSA) is 76.0 Å². The van der Waals surface area contributed by atoms with Crippen LogP contribution in [-0.2, 0) is 4.74 Å². The van der Waals surface area contributed by atoms with E-state index < -0.39 is 11.7 Å². The smallest absolute Gasteiger partial charge is 0.341 e. The van der Waals surface area contributed by atoms with Crippen LogP contribution < -0.4 is 4.74 Å². The van der Waals surface area contributed by atoms with Crippen molar-refractivity contribution in [2.24, 2.45) is 0 Å². The molecule has 2 N–H and O–H groups in total. The Morgan fingerprint density at radius 3 is 2.69 bits per heavy atom. The summed E-state index contributed by atoms with van der Waals surface area (Å²) in [6, 6.07) is 2.47. The lowest BCUT2D eigenvalue weighted by Crippen LogP contribution is -2.07. The Bertz CT molecular complexity index is 391. The molecule has 0 aliphatic heterocycles. The van der Waals surface area contributed by atoms with Crippen LogP contribution in [0.3, 0.4) is 0 Å². The Morgan fingerprint density at radius 2 is 2.12 bits per heavy atom. The number of ether oxygens (including phenoxy) is 2. The fourth-order valence-electron chi connectivity index (χ4n) is 1.12. The molecule has 0 saturated heterocycles. The predicted molar refractivity (Wildman–Crippen MR) is 57.3 cm³/mol. The van der Waals surface area contributed by atoms with Crippen LogP contribution in [0.25, 0.3) is 0 Å². The molecule has 0 saturated carbocycles. The number of hydrogen-bond donors (Lipinski definition) is 2. The van der Waals surface area contributed by atoms with Crippen LogP contribution in [0, 0.1) is 0 Å². The molecule has 0 atom stereocenters. The molecule has 0 unspecified atom stereocenters. The van der Waals surface area contributed by atoms with Gasteiger partial charge in [0.1, 0.15) is 12.2 Å². The van der Waals surface area contributed by atoms with Crippen molar-refractivity contribution in [2.75, 3.05) is 19.6 Å². The number of aromatic hydroxyl groups is 2. The number of alkyl halides is 1. The third-order valence-electron chi connectivity index (χ3n) is 1.84. The maximum atomic E-state index is 11.3. The average Bonchev–Trinajstić information content (AvgIpc) is 2.30. The number of phenols is 2. The second kappa shape index (κ2) is 5.46. The third kappa shape index (κ3) is 2.49. The fraction of sp³-hybridized carbons (Fsp3) is 0.300. The van der Waals surface area contributed by atoms with Crippen molar-refractivity contribution < 1.29 is 24.5 Å². The lowest BCUT2D eigenvalue weighted by molar-refractivity contribution is 0.0595. The molecule has 5 nitrogen and oxygen atoms in total. The van der Waals surface area contributed by atoms with Gasteiger partial charge in [0.25, 0.3) is 0 Å². The highest BCUT2D eigenvalue weighted by Crippen LogP contribution is 2.38. The molecule has 0 fully saturated rings. The van der Waals surface area contributed by atoms with Crippen LogP contribution in [0.2, 0.25) is 0 Å². The summed E-state index contributed by atoms with van der Waals surface area (Å²) in [5, 5.41) is 18.8. The van der Waals surface area contributed by atoms with E-state index in [0.717, 1.165) is 0 Å². The van der Waals surface area contributed by atoms with Crippen LogP contribution in [0.15, 0.2) is 12.1 Å². The first-order chi connectivity index (χ1) is 7.61. The first-order valence-electron chi connectivity index (χ1n) is 4.43. The van der Waals surface area contributed by atoms with E-state index in [1.165, 1.54) is 19.2 Å². The molecule has 1 aromatic rings. The number of halogens is 1. The molecule has 0 heterocycles. The Kier molecular flexibility index (Phi) is 4.25. The van der Waals surface area contributed by atoms with Gasteiger partial charge in [0.15, 0.2) is 11.5 Å². The van der Waals surface area contributed by atoms with Gasteiger partial charge in [-0.1, -0.05) is 0 Å². The lowest BCUT2D eigenvalue weighted by Gasteiger charge is -2.11. The summed E-state index contributed by atoms with van der Waals surface area (Å²) >= 11 is 5.42. The minimum absolute atomic E-state index is 0.0305. The number of hydrogen-bond acceptors (Lipinski definition) is 5. The molecule has 1 rings (SSSR count). The zero-order chi connectivity index (χ0) is 12.1. The Morgan fingerprint density at radius 1 is 1.44 bits per heavy atom. The van der Waals surface area contributed by atoms with Crippen molar-refractivity contribution in [1.29, 1.82) is 0 Å². The van der Waals surface area contributed by atoms with Crippen LogP contribution in [-0.4, -0.2) is 35.8 Å². The van der Waals surface area contributed by atoms with Crippen molar-refractivity contribution in [3.63, 3.8) is 0 Å². The maximum Gasteiger partial charge on any atom is 0.341 e. The number of benzene rings is 1. The standard InChI is InChI=1S/C10H11ClO5/c1-15-10(14)6-2-3-7(12)8(13)9(6)16-5-4-11/h2-3,12-13H,4-5H2,1H3. The second-order valence-corrected chi connectivity index (χ2v) is 3.22. The summed E-state index contributed by atoms with van der Waals surface area (Å²) in [6.07, 6.45) is 0. The van der Waals surface area contributed by atoms with Gasteiger partial charge in [0.05, 0.1) is 13.0 Å². The molecule has 0 amide bonds.